The van der Waals surface area contributed by atoms with Crippen LogP contribution in [0.5, 0.6) is 5.88 Å². The van der Waals surface area contributed by atoms with E-state index in [4.69, 9.17) is 9.47 Å². The van der Waals surface area contributed by atoms with E-state index >= 15 is 0 Å². The molecule has 1 rings (SSSR count). The maximum Gasteiger partial charge on any atom is 0.214 e. The summed E-state index contributed by atoms with van der Waals surface area (Å²) in [6.45, 7) is 6.16. The first-order valence-electron chi connectivity index (χ1n) is 5.01. The average molecular weight is 274 g/mol. The summed E-state index contributed by atoms with van der Waals surface area (Å²) in [6, 6.07) is 5.58. The van der Waals surface area contributed by atoms with Crippen LogP contribution in [0.15, 0.2) is 22.8 Å². The van der Waals surface area contributed by atoms with E-state index in [0.717, 1.165) is 11.2 Å². The Kier molecular flexibility index (Phi) is 5.65. The van der Waals surface area contributed by atoms with Gasteiger partial charge in [-0.15, -0.1) is 0 Å². The molecular formula is C11H16BrNO2. The second-order valence-corrected chi connectivity index (χ2v) is 4.43. The van der Waals surface area contributed by atoms with E-state index in [0.29, 0.717) is 25.0 Å². The van der Waals surface area contributed by atoms with Crippen molar-refractivity contribution in [1.29, 1.82) is 0 Å². The van der Waals surface area contributed by atoms with Crippen LogP contribution in [0.3, 0.4) is 0 Å². The Balaban J connectivity index is 2.15. The number of hydrogen-bond donors (Lipinski definition) is 0. The number of rotatable bonds is 6. The highest BCUT2D eigenvalue weighted by atomic mass is 79.9. The Hall–Kier alpha value is -0.610. The summed E-state index contributed by atoms with van der Waals surface area (Å²) >= 11 is 3.28. The quantitative estimate of drug-likeness (QED) is 0.590. The standard InChI is InChI=1S/C11H16BrNO2/c1-9(2)8-14-6-7-15-11-5-3-4-10(12)13-11/h3-5,9H,6-8H2,1-2H3. The van der Waals surface area contributed by atoms with Gasteiger partial charge in [0, 0.05) is 12.7 Å². The SMILES string of the molecule is CC(C)COCCOc1cccc(Br)n1. The fraction of sp³-hybridized carbons (Fsp3) is 0.545. The zero-order valence-electron chi connectivity index (χ0n) is 9.07. The summed E-state index contributed by atoms with van der Waals surface area (Å²) < 4.78 is 11.6. The summed E-state index contributed by atoms with van der Waals surface area (Å²) in [5, 5.41) is 0. The van der Waals surface area contributed by atoms with Gasteiger partial charge in [0.25, 0.3) is 0 Å². The molecular weight excluding hydrogens is 258 g/mol. The molecule has 0 aliphatic rings. The highest BCUT2D eigenvalue weighted by molar-refractivity contribution is 9.10. The molecule has 0 aromatic carbocycles. The van der Waals surface area contributed by atoms with Crippen LogP contribution in [-0.2, 0) is 4.74 Å². The molecule has 15 heavy (non-hydrogen) atoms. The van der Waals surface area contributed by atoms with Crippen molar-refractivity contribution in [2.24, 2.45) is 5.92 Å². The third-order valence-corrected chi connectivity index (χ3v) is 2.06. The van der Waals surface area contributed by atoms with Gasteiger partial charge < -0.3 is 9.47 Å². The van der Waals surface area contributed by atoms with Crippen LogP contribution < -0.4 is 4.74 Å². The van der Waals surface area contributed by atoms with E-state index in [9.17, 15) is 0 Å². The molecule has 0 bridgehead atoms. The molecule has 3 nitrogen and oxygen atoms in total. The van der Waals surface area contributed by atoms with E-state index in [2.05, 4.69) is 34.8 Å². The van der Waals surface area contributed by atoms with E-state index in [1.54, 1.807) is 0 Å². The zero-order chi connectivity index (χ0) is 11.1. The predicted molar refractivity (Wildman–Crippen MR) is 63.1 cm³/mol. The van der Waals surface area contributed by atoms with Gasteiger partial charge in [-0.25, -0.2) is 4.98 Å². The topological polar surface area (TPSA) is 31.4 Å². The number of nitrogens with zero attached hydrogens (tertiary/aromatic N) is 1. The lowest BCUT2D eigenvalue weighted by atomic mass is 10.2. The number of ether oxygens (including phenoxy) is 2. The Morgan fingerprint density at radius 1 is 1.33 bits per heavy atom. The number of pyridine rings is 1. The lowest BCUT2D eigenvalue weighted by Gasteiger charge is -2.07. The third-order valence-electron chi connectivity index (χ3n) is 1.62. The van der Waals surface area contributed by atoms with Crippen molar-refractivity contribution < 1.29 is 9.47 Å². The summed E-state index contributed by atoms with van der Waals surface area (Å²) in [6.07, 6.45) is 0. The van der Waals surface area contributed by atoms with Crippen LogP contribution in [0, 0.1) is 5.92 Å². The van der Waals surface area contributed by atoms with E-state index < -0.39 is 0 Å². The summed E-state index contributed by atoms with van der Waals surface area (Å²) in [5.41, 5.74) is 0. The molecule has 0 saturated carbocycles. The molecule has 1 heterocycles. The normalized spacial score (nSPS) is 10.7. The second-order valence-electron chi connectivity index (χ2n) is 3.62. The predicted octanol–water partition coefficient (Wildman–Crippen LogP) is 2.90. The zero-order valence-corrected chi connectivity index (χ0v) is 10.7. The first kappa shape index (κ1) is 12.5. The van der Waals surface area contributed by atoms with Crippen molar-refractivity contribution in [2.45, 2.75) is 13.8 Å². The molecule has 1 aromatic rings. The molecule has 0 fully saturated rings. The van der Waals surface area contributed by atoms with Crippen molar-refractivity contribution in [1.82, 2.24) is 4.98 Å². The van der Waals surface area contributed by atoms with Crippen LogP contribution in [0.4, 0.5) is 0 Å². The Bertz CT molecular complexity index is 292. The van der Waals surface area contributed by atoms with Crippen LogP contribution in [0.2, 0.25) is 0 Å². The van der Waals surface area contributed by atoms with Crippen molar-refractivity contribution in [3.8, 4) is 5.88 Å². The van der Waals surface area contributed by atoms with E-state index in [1.807, 2.05) is 18.2 Å². The lowest BCUT2D eigenvalue weighted by Crippen LogP contribution is -2.10. The van der Waals surface area contributed by atoms with E-state index in [1.165, 1.54) is 0 Å². The summed E-state index contributed by atoms with van der Waals surface area (Å²) in [4.78, 5) is 4.14. The first-order chi connectivity index (χ1) is 7.18. The van der Waals surface area contributed by atoms with Gasteiger partial charge in [-0.2, -0.15) is 0 Å². The highest BCUT2D eigenvalue weighted by Gasteiger charge is 1.97. The number of aromatic nitrogens is 1. The fourth-order valence-corrected chi connectivity index (χ4v) is 1.32. The molecule has 0 unspecified atom stereocenters. The summed E-state index contributed by atoms with van der Waals surface area (Å²) in [5.74, 6) is 1.19. The van der Waals surface area contributed by atoms with Crippen molar-refractivity contribution >= 4 is 15.9 Å². The Labute approximate surface area is 98.9 Å². The molecule has 0 atom stereocenters. The molecule has 1 aromatic heterocycles. The Morgan fingerprint density at radius 2 is 2.13 bits per heavy atom. The molecule has 0 amide bonds. The minimum Gasteiger partial charge on any atom is -0.475 e. The van der Waals surface area contributed by atoms with Crippen LogP contribution in [0.1, 0.15) is 13.8 Å². The fourth-order valence-electron chi connectivity index (χ4n) is 0.994. The van der Waals surface area contributed by atoms with Gasteiger partial charge >= 0.3 is 0 Å². The smallest absolute Gasteiger partial charge is 0.214 e. The first-order valence-corrected chi connectivity index (χ1v) is 5.81. The molecule has 0 radical (unpaired) electrons. The van der Waals surface area contributed by atoms with Gasteiger partial charge in [0.2, 0.25) is 5.88 Å². The monoisotopic (exact) mass is 273 g/mol. The van der Waals surface area contributed by atoms with Gasteiger partial charge in [-0.1, -0.05) is 19.9 Å². The molecule has 0 saturated heterocycles. The largest absolute Gasteiger partial charge is 0.475 e. The van der Waals surface area contributed by atoms with Gasteiger partial charge in [0.05, 0.1) is 6.61 Å². The van der Waals surface area contributed by atoms with Crippen molar-refractivity contribution in [2.75, 3.05) is 19.8 Å². The van der Waals surface area contributed by atoms with Crippen LogP contribution >= 0.6 is 15.9 Å². The maximum atomic E-state index is 5.40. The second kappa shape index (κ2) is 6.80. The number of hydrogen-bond acceptors (Lipinski definition) is 3. The Morgan fingerprint density at radius 3 is 2.80 bits per heavy atom. The maximum absolute atomic E-state index is 5.40. The van der Waals surface area contributed by atoms with Crippen LogP contribution in [0.25, 0.3) is 0 Å². The molecule has 0 N–H and O–H groups in total. The summed E-state index contributed by atoms with van der Waals surface area (Å²) in [7, 11) is 0. The van der Waals surface area contributed by atoms with E-state index in [-0.39, 0.29) is 0 Å². The van der Waals surface area contributed by atoms with Gasteiger partial charge in [-0.05, 0) is 27.9 Å². The van der Waals surface area contributed by atoms with Crippen LogP contribution in [-0.4, -0.2) is 24.8 Å². The molecule has 0 spiro atoms. The molecule has 84 valence electrons. The molecule has 0 aliphatic heterocycles. The molecule has 4 heteroatoms. The minimum atomic E-state index is 0.538. The number of halogens is 1. The van der Waals surface area contributed by atoms with Crippen molar-refractivity contribution in [3.05, 3.63) is 22.8 Å². The van der Waals surface area contributed by atoms with Crippen molar-refractivity contribution in [3.63, 3.8) is 0 Å². The minimum absolute atomic E-state index is 0.538. The van der Waals surface area contributed by atoms with Gasteiger partial charge in [0.15, 0.2) is 0 Å². The lowest BCUT2D eigenvalue weighted by molar-refractivity contribution is 0.0806. The van der Waals surface area contributed by atoms with Gasteiger partial charge in [0.1, 0.15) is 11.2 Å². The highest BCUT2D eigenvalue weighted by Crippen LogP contribution is 2.11. The molecule has 0 aliphatic carbocycles. The van der Waals surface area contributed by atoms with Gasteiger partial charge in [-0.3, -0.25) is 0 Å². The average Bonchev–Trinajstić information content (AvgIpc) is 2.17. The third kappa shape index (κ3) is 5.74.